The number of likely N-dealkylation sites (tertiary alicyclic amines) is 1. The van der Waals surface area contributed by atoms with Crippen LogP contribution in [0.2, 0.25) is 0 Å². The summed E-state index contributed by atoms with van der Waals surface area (Å²) in [5, 5.41) is 3.08. The molecule has 2 aromatic rings. The number of carbonyl (C=O) groups is 1. The van der Waals surface area contributed by atoms with E-state index in [1.54, 1.807) is 0 Å². The van der Waals surface area contributed by atoms with Gasteiger partial charge >= 0.3 is 0 Å². The van der Waals surface area contributed by atoms with Gasteiger partial charge in [-0.25, -0.2) is 0 Å². The molecule has 1 heterocycles. The third-order valence-electron chi connectivity index (χ3n) is 5.59. The van der Waals surface area contributed by atoms with E-state index in [9.17, 15) is 4.79 Å². The van der Waals surface area contributed by atoms with Crippen molar-refractivity contribution in [3.63, 3.8) is 0 Å². The number of ether oxygens (including phenoxy) is 1. The van der Waals surface area contributed by atoms with Crippen molar-refractivity contribution >= 4 is 5.91 Å². The molecule has 1 aliphatic rings. The van der Waals surface area contributed by atoms with E-state index in [1.165, 1.54) is 24.0 Å². The van der Waals surface area contributed by atoms with Gasteiger partial charge in [0.15, 0.2) is 6.61 Å². The molecule has 1 saturated heterocycles. The molecule has 4 nitrogen and oxygen atoms in total. The van der Waals surface area contributed by atoms with E-state index in [1.807, 2.05) is 31.2 Å². The zero-order valence-electron chi connectivity index (χ0n) is 18.2. The standard InChI is InChI=1S/C25H34N2O2/c1-19-8-7-9-22(16-19)29-18-24(28)26-17-23(27-14-5-6-15-27)20-10-12-21(13-11-20)25(2,3)4/h7-13,16,23H,5-6,14-15,17-18H2,1-4H3,(H,26,28)/t23-/m0/s1. The monoisotopic (exact) mass is 394 g/mol. The van der Waals surface area contributed by atoms with Gasteiger partial charge in [0.1, 0.15) is 5.75 Å². The number of nitrogens with one attached hydrogen (secondary N) is 1. The Hall–Kier alpha value is -2.33. The molecule has 1 N–H and O–H groups in total. The Morgan fingerprint density at radius 1 is 1.10 bits per heavy atom. The summed E-state index contributed by atoms with van der Waals surface area (Å²) >= 11 is 0. The second kappa shape index (κ2) is 9.45. The van der Waals surface area contributed by atoms with E-state index in [0.717, 1.165) is 24.4 Å². The number of aryl methyl sites for hydroxylation is 1. The first kappa shape index (κ1) is 21.4. The van der Waals surface area contributed by atoms with Crippen molar-refractivity contribution in [2.45, 2.75) is 52.0 Å². The molecule has 156 valence electrons. The number of amides is 1. The Labute approximate surface area is 175 Å². The molecule has 1 amide bonds. The number of hydrogen-bond acceptors (Lipinski definition) is 3. The summed E-state index contributed by atoms with van der Waals surface area (Å²) in [4.78, 5) is 14.9. The molecular weight excluding hydrogens is 360 g/mol. The molecule has 3 rings (SSSR count). The minimum Gasteiger partial charge on any atom is -0.484 e. The van der Waals surface area contributed by atoms with Gasteiger partial charge in [0.25, 0.3) is 5.91 Å². The van der Waals surface area contributed by atoms with E-state index in [-0.39, 0.29) is 24.0 Å². The van der Waals surface area contributed by atoms with E-state index in [0.29, 0.717) is 6.54 Å². The summed E-state index contributed by atoms with van der Waals surface area (Å²) in [7, 11) is 0. The number of benzene rings is 2. The van der Waals surface area contributed by atoms with Crippen LogP contribution in [0.15, 0.2) is 48.5 Å². The van der Waals surface area contributed by atoms with Gasteiger partial charge < -0.3 is 10.1 Å². The third-order valence-corrected chi connectivity index (χ3v) is 5.59. The van der Waals surface area contributed by atoms with Gasteiger partial charge in [-0.2, -0.15) is 0 Å². The summed E-state index contributed by atoms with van der Waals surface area (Å²) < 4.78 is 5.64. The highest BCUT2D eigenvalue weighted by molar-refractivity contribution is 5.77. The molecular formula is C25H34N2O2. The van der Waals surface area contributed by atoms with Gasteiger partial charge in [-0.05, 0) is 67.1 Å². The largest absolute Gasteiger partial charge is 0.484 e. The minimum absolute atomic E-state index is 0.0408. The van der Waals surface area contributed by atoms with Gasteiger partial charge in [-0.3, -0.25) is 9.69 Å². The predicted molar refractivity (Wildman–Crippen MR) is 118 cm³/mol. The maximum absolute atomic E-state index is 12.4. The SMILES string of the molecule is Cc1cccc(OCC(=O)NC[C@@H](c2ccc(C(C)(C)C)cc2)N2CCCC2)c1. The lowest BCUT2D eigenvalue weighted by Gasteiger charge is -2.29. The average Bonchev–Trinajstić information content (AvgIpc) is 3.21. The normalized spacial score (nSPS) is 15.9. The molecule has 0 aromatic heterocycles. The second-order valence-corrected chi connectivity index (χ2v) is 9.04. The van der Waals surface area contributed by atoms with Crippen LogP contribution >= 0.6 is 0 Å². The van der Waals surface area contributed by atoms with Crippen LogP contribution < -0.4 is 10.1 Å². The van der Waals surface area contributed by atoms with Crippen molar-refractivity contribution in [1.29, 1.82) is 0 Å². The fourth-order valence-electron chi connectivity index (χ4n) is 3.83. The highest BCUT2D eigenvalue weighted by Crippen LogP contribution is 2.28. The van der Waals surface area contributed by atoms with Crippen LogP contribution in [-0.4, -0.2) is 37.0 Å². The number of nitrogens with zero attached hydrogens (tertiary/aromatic N) is 1. The fourth-order valence-corrected chi connectivity index (χ4v) is 3.83. The van der Waals surface area contributed by atoms with Crippen molar-refractivity contribution in [1.82, 2.24) is 10.2 Å². The molecule has 0 unspecified atom stereocenters. The molecule has 0 aliphatic carbocycles. The second-order valence-electron chi connectivity index (χ2n) is 9.04. The van der Waals surface area contributed by atoms with Crippen molar-refractivity contribution in [3.8, 4) is 5.75 Å². The molecule has 1 fully saturated rings. The molecule has 29 heavy (non-hydrogen) atoms. The molecule has 0 spiro atoms. The first-order valence-electron chi connectivity index (χ1n) is 10.6. The summed E-state index contributed by atoms with van der Waals surface area (Å²) in [5.74, 6) is 0.649. The van der Waals surface area contributed by atoms with Gasteiger partial charge in [0, 0.05) is 6.54 Å². The Bertz CT molecular complexity index is 802. The molecule has 0 radical (unpaired) electrons. The zero-order chi connectivity index (χ0) is 20.9. The quantitative estimate of drug-likeness (QED) is 0.745. The lowest BCUT2D eigenvalue weighted by atomic mass is 9.86. The number of carbonyl (C=O) groups excluding carboxylic acids is 1. The molecule has 4 heteroatoms. The maximum Gasteiger partial charge on any atom is 0.258 e. The minimum atomic E-state index is -0.0815. The van der Waals surface area contributed by atoms with Crippen LogP contribution in [0.5, 0.6) is 5.75 Å². The van der Waals surface area contributed by atoms with E-state index in [4.69, 9.17) is 4.74 Å². The number of hydrogen-bond donors (Lipinski definition) is 1. The van der Waals surface area contributed by atoms with Crippen molar-refractivity contribution in [2.75, 3.05) is 26.2 Å². The average molecular weight is 395 g/mol. The van der Waals surface area contributed by atoms with Gasteiger partial charge in [0.2, 0.25) is 0 Å². The van der Waals surface area contributed by atoms with Gasteiger partial charge in [-0.15, -0.1) is 0 Å². The third kappa shape index (κ3) is 6.07. The van der Waals surface area contributed by atoms with Crippen molar-refractivity contribution < 1.29 is 9.53 Å². The highest BCUT2D eigenvalue weighted by atomic mass is 16.5. The molecule has 0 bridgehead atoms. The van der Waals surface area contributed by atoms with Crippen LogP contribution in [0.1, 0.15) is 56.3 Å². The first-order valence-corrected chi connectivity index (χ1v) is 10.6. The summed E-state index contributed by atoms with van der Waals surface area (Å²) in [6.07, 6.45) is 2.45. The van der Waals surface area contributed by atoms with E-state index >= 15 is 0 Å². The topological polar surface area (TPSA) is 41.6 Å². The molecule has 1 atom stereocenters. The zero-order valence-corrected chi connectivity index (χ0v) is 18.2. The lowest BCUT2D eigenvalue weighted by Crippen LogP contribution is -2.38. The Morgan fingerprint density at radius 2 is 1.79 bits per heavy atom. The van der Waals surface area contributed by atoms with Crippen LogP contribution in [0.25, 0.3) is 0 Å². The summed E-state index contributed by atoms with van der Waals surface area (Å²) in [5.41, 5.74) is 3.86. The molecule has 0 saturated carbocycles. The highest BCUT2D eigenvalue weighted by Gasteiger charge is 2.24. The van der Waals surface area contributed by atoms with E-state index < -0.39 is 0 Å². The fraction of sp³-hybridized carbons (Fsp3) is 0.480. The van der Waals surface area contributed by atoms with E-state index in [2.05, 4.69) is 55.3 Å². The van der Waals surface area contributed by atoms with Crippen LogP contribution in [0.3, 0.4) is 0 Å². The lowest BCUT2D eigenvalue weighted by molar-refractivity contribution is -0.123. The van der Waals surface area contributed by atoms with Crippen molar-refractivity contribution in [2.24, 2.45) is 0 Å². The molecule has 2 aromatic carbocycles. The summed E-state index contributed by atoms with van der Waals surface area (Å²) in [6, 6.07) is 16.9. The molecule has 1 aliphatic heterocycles. The Morgan fingerprint density at radius 3 is 2.41 bits per heavy atom. The Kier molecular flexibility index (Phi) is 6.96. The predicted octanol–water partition coefficient (Wildman–Crippen LogP) is 4.62. The smallest absolute Gasteiger partial charge is 0.258 e. The van der Waals surface area contributed by atoms with Crippen LogP contribution in [0.4, 0.5) is 0 Å². The van der Waals surface area contributed by atoms with Gasteiger partial charge in [-0.1, -0.05) is 57.2 Å². The van der Waals surface area contributed by atoms with Crippen LogP contribution in [-0.2, 0) is 10.2 Å². The maximum atomic E-state index is 12.4. The summed E-state index contributed by atoms with van der Waals surface area (Å²) in [6.45, 7) is 11.5. The van der Waals surface area contributed by atoms with Gasteiger partial charge in [0.05, 0.1) is 6.04 Å². The first-order chi connectivity index (χ1) is 13.8. The Balaban J connectivity index is 1.61. The number of rotatable bonds is 7. The van der Waals surface area contributed by atoms with Crippen molar-refractivity contribution in [3.05, 3.63) is 65.2 Å². The van der Waals surface area contributed by atoms with Crippen LogP contribution in [0, 0.1) is 6.92 Å².